The second-order valence-electron chi connectivity index (χ2n) is 8.06. The van der Waals surface area contributed by atoms with Crippen LogP contribution < -0.4 is 9.46 Å². The zero-order valence-corrected chi connectivity index (χ0v) is 19.8. The lowest BCUT2D eigenvalue weighted by Crippen LogP contribution is -2.41. The van der Waals surface area contributed by atoms with Crippen molar-refractivity contribution in [1.82, 2.24) is 9.62 Å². The Bertz CT molecular complexity index is 1230. The van der Waals surface area contributed by atoms with E-state index >= 15 is 0 Å². The van der Waals surface area contributed by atoms with E-state index in [0.717, 1.165) is 16.7 Å². The monoisotopic (exact) mass is 484 g/mol. The molecule has 0 saturated carbocycles. The van der Waals surface area contributed by atoms with E-state index in [1.807, 2.05) is 55.5 Å². The van der Waals surface area contributed by atoms with Crippen LogP contribution in [0.4, 0.5) is 0 Å². The molecule has 1 amide bonds. The molecule has 8 heteroatoms. The van der Waals surface area contributed by atoms with Crippen molar-refractivity contribution in [2.24, 2.45) is 0 Å². The lowest BCUT2D eigenvalue weighted by molar-refractivity contribution is -0.129. The van der Waals surface area contributed by atoms with Crippen LogP contribution >= 0.6 is 11.6 Å². The van der Waals surface area contributed by atoms with Crippen LogP contribution in [0.5, 0.6) is 5.75 Å². The largest absolute Gasteiger partial charge is 0.489 e. The van der Waals surface area contributed by atoms with Crippen molar-refractivity contribution in [3.8, 4) is 5.75 Å². The minimum absolute atomic E-state index is 0.153. The molecule has 6 nitrogen and oxygen atoms in total. The molecule has 0 aromatic heterocycles. The van der Waals surface area contributed by atoms with E-state index in [-0.39, 0.29) is 10.8 Å². The Kier molecular flexibility index (Phi) is 7.02. The molecule has 1 atom stereocenters. The van der Waals surface area contributed by atoms with Gasteiger partial charge in [0.2, 0.25) is 15.9 Å². The molecule has 1 heterocycles. The van der Waals surface area contributed by atoms with Gasteiger partial charge in [0.25, 0.3) is 0 Å². The maximum absolute atomic E-state index is 12.9. The standard InChI is InChI=1S/C25H25ClN2O4S/c1-18-6-12-22(13-7-18)33(30,31)27-23-14-15-28(25(23)29)16-20-4-2-3-5-24(20)32-17-19-8-10-21(26)11-9-19/h2-13,23,27H,14-17H2,1H3. The third kappa shape index (κ3) is 5.74. The summed E-state index contributed by atoms with van der Waals surface area (Å²) >= 11 is 5.93. The Morgan fingerprint density at radius 2 is 1.73 bits per heavy atom. The molecule has 3 aromatic rings. The van der Waals surface area contributed by atoms with Gasteiger partial charge >= 0.3 is 0 Å². The van der Waals surface area contributed by atoms with Gasteiger partial charge < -0.3 is 9.64 Å². The lowest BCUT2D eigenvalue weighted by atomic mass is 10.2. The highest BCUT2D eigenvalue weighted by Gasteiger charge is 2.35. The molecule has 3 aromatic carbocycles. The van der Waals surface area contributed by atoms with Gasteiger partial charge in [-0.1, -0.05) is 59.6 Å². The van der Waals surface area contributed by atoms with Crippen LogP contribution in [0.2, 0.25) is 5.02 Å². The maximum atomic E-state index is 12.9. The summed E-state index contributed by atoms with van der Waals surface area (Å²) in [6.07, 6.45) is 0.414. The third-order valence-corrected chi connectivity index (χ3v) is 7.31. The highest BCUT2D eigenvalue weighted by atomic mass is 35.5. The van der Waals surface area contributed by atoms with Gasteiger partial charge in [-0.2, -0.15) is 4.72 Å². The number of hydrogen-bond donors (Lipinski definition) is 1. The van der Waals surface area contributed by atoms with E-state index < -0.39 is 16.1 Å². The average Bonchev–Trinajstić information content (AvgIpc) is 3.13. The quantitative estimate of drug-likeness (QED) is 0.517. The van der Waals surface area contributed by atoms with Crippen LogP contribution in [0.1, 0.15) is 23.1 Å². The molecule has 0 spiro atoms. The number of benzene rings is 3. The van der Waals surface area contributed by atoms with E-state index in [9.17, 15) is 13.2 Å². The Morgan fingerprint density at radius 1 is 1.03 bits per heavy atom. The average molecular weight is 485 g/mol. The minimum Gasteiger partial charge on any atom is -0.489 e. The SMILES string of the molecule is Cc1ccc(S(=O)(=O)NC2CCN(Cc3ccccc3OCc3ccc(Cl)cc3)C2=O)cc1. The molecule has 0 radical (unpaired) electrons. The summed E-state index contributed by atoms with van der Waals surface area (Å²) in [7, 11) is -3.77. The molecule has 0 aliphatic carbocycles. The number of para-hydroxylation sites is 1. The number of likely N-dealkylation sites (tertiary alicyclic amines) is 1. The number of hydrogen-bond acceptors (Lipinski definition) is 4. The summed E-state index contributed by atoms with van der Waals surface area (Å²) < 4.78 is 33.9. The minimum atomic E-state index is -3.77. The van der Waals surface area contributed by atoms with Crippen molar-refractivity contribution in [3.05, 3.63) is 94.5 Å². The number of amides is 1. The third-order valence-electron chi connectivity index (χ3n) is 5.57. The first kappa shape index (κ1) is 23.3. The van der Waals surface area contributed by atoms with E-state index in [1.54, 1.807) is 29.2 Å². The topological polar surface area (TPSA) is 75.7 Å². The molecule has 172 valence electrons. The van der Waals surface area contributed by atoms with Gasteiger partial charge in [-0.25, -0.2) is 8.42 Å². The molecule has 1 saturated heterocycles. The van der Waals surface area contributed by atoms with Gasteiger partial charge in [-0.05, 0) is 49.2 Å². The molecule has 1 aliphatic rings. The van der Waals surface area contributed by atoms with Crippen LogP contribution in [-0.4, -0.2) is 31.8 Å². The van der Waals surface area contributed by atoms with Gasteiger partial charge in [-0.15, -0.1) is 0 Å². The van der Waals surface area contributed by atoms with Crippen LogP contribution in [0.3, 0.4) is 0 Å². The first-order valence-corrected chi connectivity index (χ1v) is 12.5. The van der Waals surface area contributed by atoms with Crippen molar-refractivity contribution >= 4 is 27.5 Å². The fourth-order valence-electron chi connectivity index (χ4n) is 3.70. The van der Waals surface area contributed by atoms with Gasteiger partial charge in [0.05, 0.1) is 4.90 Å². The number of carbonyl (C=O) groups excluding carboxylic acids is 1. The van der Waals surface area contributed by atoms with Crippen molar-refractivity contribution in [2.45, 2.75) is 37.4 Å². The Morgan fingerprint density at radius 3 is 2.45 bits per heavy atom. The van der Waals surface area contributed by atoms with E-state index in [0.29, 0.717) is 36.9 Å². The summed E-state index contributed by atoms with van der Waals surface area (Å²) in [5.41, 5.74) is 2.81. The molecule has 1 N–H and O–H groups in total. The maximum Gasteiger partial charge on any atom is 0.241 e. The summed E-state index contributed by atoms with van der Waals surface area (Å²) in [4.78, 5) is 14.8. The zero-order valence-electron chi connectivity index (χ0n) is 18.2. The normalized spacial score (nSPS) is 16.2. The van der Waals surface area contributed by atoms with Crippen LogP contribution in [0, 0.1) is 6.92 Å². The first-order valence-electron chi connectivity index (χ1n) is 10.6. The fourth-order valence-corrected chi connectivity index (χ4v) is 5.05. The fraction of sp³-hybridized carbons (Fsp3) is 0.240. The molecule has 4 rings (SSSR count). The van der Waals surface area contributed by atoms with Crippen LogP contribution in [0.25, 0.3) is 0 Å². The first-order chi connectivity index (χ1) is 15.8. The highest BCUT2D eigenvalue weighted by Crippen LogP contribution is 2.24. The summed E-state index contributed by atoms with van der Waals surface area (Å²) in [6.45, 7) is 3.07. The highest BCUT2D eigenvalue weighted by molar-refractivity contribution is 7.89. The number of carbonyl (C=O) groups is 1. The molecule has 0 bridgehead atoms. The van der Waals surface area contributed by atoms with Crippen molar-refractivity contribution in [2.75, 3.05) is 6.54 Å². The van der Waals surface area contributed by atoms with Gasteiger partial charge in [0, 0.05) is 23.7 Å². The van der Waals surface area contributed by atoms with E-state index in [4.69, 9.17) is 16.3 Å². The molecule has 1 unspecified atom stereocenters. The van der Waals surface area contributed by atoms with Crippen molar-refractivity contribution < 1.29 is 17.9 Å². The second kappa shape index (κ2) is 9.95. The molecular formula is C25H25ClN2O4S. The number of nitrogens with zero attached hydrogens (tertiary/aromatic N) is 1. The smallest absolute Gasteiger partial charge is 0.241 e. The molecular weight excluding hydrogens is 460 g/mol. The number of nitrogens with one attached hydrogen (secondary N) is 1. The Balaban J connectivity index is 1.40. The van der Waals surface area contributed by atoms with Crippen molar-refractivity contribution in [3.63, 3.8) is 0 Å². The zero-order chi connectivity index (χ0) is 23.4. The lowest BCUT2D eigenvalue weighted by Gasteiger charge is -2.19. The predicted octanol–water partition coefficient (Wildman–Crippen LogP) is 4.31. The van der Waals surface area contributed by atoms with Crippen molar-refractivity contribution in [1.29, 1.82) is 0 Å². The van der Waals surface area contributed by atoms with Gasteiger partial charge in [0.15, 0.2) is 0 Å². The Hall–Kier alpha value is -2.87. The van der Waals surface area contributed by atoms with Gasteiger partial charge in [-0.3, -0.25) is 4.79 Å². The summed E-state index contributed by atoms with van der Waals surface area (Å²) in [5.74, 6) is 0.446. The number of sulfonamides is 1. The molecule has 33 heavy (non-hydrogen) atoms. The van der Waals surface area contributed by atoms with Crippen LogP contribution in [-0.2, 0) is 28.0 Å². The number of aryl methyl sites for hydroxylation is 1. The second-order valence-corrected chi connectivity index (χ2v) is 10.2. The van der Waals surface area contributed by atoms with Gasteiger partial charge in [0.1, 0.15) is 18.4 Å². The molecule has 1 aliphatic heterocycles. The number of rotatable bonds is 8. The van der Waals surface area contributed by atoms with Crippen LogP contribution in [0.15, 0.2) is 77.7 Å². The number of ether oxygens (including phenoxy) is 1. The predicted molar refractivity (Wildman–Crippen MR) is 128 cm³/mol. The Labute approximate surface area is 199 Å². The molecule has 1 fully saturated rings. The number of halogens is 1. The van der Waals surface area contributed by atoms with E-state index in [2.05, 4.69) is 4.72 Å². The summed E-state index contributed by atoms with van der Waals surface area (Å²) in [6, 6.07) is 20.8. The van der Waals surface area contributed by atoms with E-state index in [1.165, 1.54) is 0 Å². The summed E-state index contributed by atoms with van der Waals surface area (Å²) in [5, 5.41) is 0.666.